The number of rotatable bonds is 2. The average Bonchev–Trinajstić information content (AvgIpc) is 2.63. The van der Waals surface area contributed by atoms with Gasteiger partial charge in [0.05, 0.1) is 12.8 Å². The van der Waals surface area contributed by atoms with E-state index < -0.39 is 0 Å². The Balaban J connectivity index is 2.66. The fourth-order valence-electron chi connectivity index (χ4n) is 1.83. The molecule has 0 aliphatic carbocycles. The fraction of sp³-hybridized carbons (Fsp3) is 0.308. The van der Waals surface area contributed by atoms with E-state index in [1.807, 2.05) is 13.0 Å². The Morgan fingerprint density at radius 2 is 1.82 bits per heavy atom. The van der Waals surface area contributed by atoms with Gasteiger partial charge in [-0.25, -0.2) is 0 Å². The van der Waals surface area contributed by atoms with Gasteiger partial charge in [-0.2, -0.15) is 5.10 Å². The molecular formula is C13H17N3O. The van der Waals surface area contributed by atoms with Crippen LogP contribution >= 0.6 is 0 Å². The van der Waals surface area contributed by atoms with Crippen molar-refractivity contribution in [3.63, 3.8) is 0 Å². The molecule has 1 heterocycles. The van der Waals surface area contributed by atoms with Crippen molar-refractivity contribution in [3.05, 3.63) is 28.8 Å². The molecule has 3 N–H and O–H groups in total. The number of H-pyrrole nitrogens is 1. The molecule has 2 aromatic rings. The number of hydrogen-bond acceptors (Lipinski definition) is 3. The normalized spacial score (nSPS) is 10.6. The van der Waals surface area contributed by atoms with E-state index in [0.29, 0.717) is 5.82 Å². The number of aryl methyl sites for hydroxylation is 2. The molecule has 0 fully saturated rings. The van der Waals surface area contributed by atoms with Crippen LogP contribution in [0.5, 0.6) is 5.75 Å². The molecule has 0 saturated heterocycles. The van der Waals surface area contributed by atoms with Crippen LogP contribution in [0.1, 0.15) is 16.7 Å². The number of aromatic amines is 1. The van der Waals surface area contributed by atoms with Gasteiger partial charge in [0.2, 0.25) is 0 Å². The molecule has 90 valence electrons. The van der Waals surface area contributed by atoms with Gasteiger partial charge in [-0.1, -0.05) is 0 Å². The summed E-state index contributed by atoms with van der Waals surface area (Å²) in [7, 11) is 1.67. The zero-order valence-corrected chi connectivity index (χ0v) is 10.6. The number of ether oxygens (including phenoxy) is 1. The Hall–Kier alpha value is -1.97. The van der Waals surface area contributed by atoms with E-state index in [-0.39, 0.29) is 0 Å². The van der Waals surface area contributed by atoms with Crippen molar-refractivity contribution < 1.29 is 4.74 Å². The van der Waals surface area contributed by atoms with Gasteiger partial charge in [0, 0.05) is 11.1 Å². The van der Waals surface area contributed by atoms with Crippen LogP contribution in [-0.2, 0) is 0 Å². The summed E-state index contributed by atoms with van der Waals surface area (Å²) in [4.78, 5) is 0. The Morgan fingerprint density at radius 3 is 2.35 bits per heavy atom. The third-order valence-corrected chi connectivity index (χ3v) is 3.13. The summed E-state index contributed by atoms with van der Waals surface area (Å²) in [6.45, 7) is 6.09. The first-order valence-electron chi connectivity index (χ1n) is 5.50. The predicted octanol–water partition coefficient (Wildman–Crippen LogP) is 2.59. The van der Waals surface area contributed by atoms with Gasteiger partial charge in [-0.15, -0.1) is 0 Å². The zero-order chi connectivity index (χ0) is 12.6. The van der Waals surface area contributed by atoms with Crippen LogP contribution in [0.2, 0.25) is 0 Å². The Labute approximate surface area is 101 Å². The highest BCUT2D eigenvalue weighted by Crippen LogP contribution is 2.34. The van der Waals surface area contributed by atoms with Crippen molar-refractivity contribution in [1.29, 1.82) is 0 Å². The highest BCUT2D eigenvalue weighted by atomic mass is 16.5. The van der Waals surface area contributed by atoms with Crippen LogP contribution in [0.4, 0.5) is 5.82 Å². The first-order chi connectivity index (χ1) is 8.04. The molecule has 0 saturated carbocycles. The number of aromatic nitrogens is 2. The van der Waals surface area contributed by atoms with Crippen molar-refractivity contribution >= 4 is 5.82 Å². The molecule has 1 aromatic heterocycles. The van der Waals surface area contributed by atoms with Crippen molar-refractivity contribution in [2.24, 2.45) is 0 Å². The standard InChI is InChI=1S/C13H17N3O/c1-7-5-10(11(17-4)6-8(7)2)12-9(3)13(14)16-15-12/h5-6H,1-4H3,(H3,14,15,16). The molecule has 17 heavy (non-hydrogen) atoms. The van der Waals surface area contributed by atoms with Gasteiger partial charge in [-0.3, -0.25) is 5.10 Å². The number of nitrogens with one attached hydrogen (secondary N) is 1. The van der Waals surface area contributed by atoms with Crippen molar-refractivity contribution in [2.75, 3.05) is 12.8 Å². The summed E-state index contributed by atoms with van der Waals surface area (Å²) in [5.41, 5.74) is 11.0. The van der Waals surface area contributed by atoms with Gasteiger partial charge in [-0.05, 0) is 44.0 Å². The van der Waals surface area contributed by atoms with E-state index in [2.05, 4.69) is 30.1 Å². The number of methoxy groups -OCH3 is 1. The molecular weight excluding hydrogens is 214 g/mol. The average molecular weight is 231 g/mol. The monoisotopic (exact) mass is 231 g/mol. The number of nitrogen functional groups attached to an aromatic ring is 1. The zero-order valence-electron chi connectivity index (χ0n) is 10.6. The maximum Gasteiger partial charge on any atom is 0.148 e. The first kappa shape index (κ1) is 11.5. The topological polar surface area (TPSA) is 63.9 Å². The summed E-state index contributed by atoms with van der Waals surface area (Å²) < 4.78 is 5.41. The van der Waals surface area contributed by atoms with E-state index in [9.17, 15) is 0 Å². The number of hydrogen-bond donors (Lipinski definition) is 2. The molecule has 0 spiro atoms. The van der Waals surface area contributed by atoms with Gasteiger partial charge in [0.15, 0.2) is 0 Å². The maximum absolute atomic E-state index is 5.75. The lowest BCUT2D eigenvalue weighted by atomic mass is 10.0. The van der Waals surface area contributed by atoms with Gasteiger partial charge >= 0.3 is 0 Å². The van der Waals surface area contributed by atoms with Gasteiger partial charge in [0.25, 0.3) is 0 Å². The number of nitrogens with zero attached hydrogens (tertiary/aromatic N) is 1. The minimum Gasteiger partial charge on any atom is -0.496 e. The molecule has 0 aliphatic rings. The lowest BCUT2D eigenvalue weighted by molar-refractivity contribution is 0.416. The molecule has 4 heteroatoms. The Bertz CT molecular complexity index is 558. The largest absolute Gasteiger partial charge is 0.496 e. The smallest absolute Gasteiger partial charge is 0.148 e. The fourth-order valence-corrected chi connectivity index (χ4v) is 1.83. The Morgan fingerprint density at radius 1 is 1.18 bits per heavy atom. The molecule has 0 bridgehead atoms. The van der Waals surface area contributed by atoms with Crippen LogP contribution < -0.4 is 10.5 Å². The van der Waals surface area contributed by atoms with Crippen molar-refractivity contribution in [2.45, 2.75) is 20.8 Å². The first-order valence-corrected chi connectivity index (χ1v) is 5.50. The summed E-state index contributed by atoms with van der Waals surface area (Å²) in [5.74, 6) is 1.36. The van der Waals surface area contributed by atoms with Gasteiger partial charge in [0.1, 0.15) is 11.6 Å². The summed E-state index contributed by atoms with van der Waals surface area (Å²) in [6, 6.07) is 4.12. The lowest BCUT2D eigenvalue weighted by Gasteiger charge is -2.11. The molecule has 2 rings (SSSR count). The third-order valence-electron chi connectivity index (χ3n) is 3.13. The molecule has 0 radical (unpaired) electrons. The van der Waals surface area contributed by atoms with E-state index in [0.717, 1.165) is 22.6 Å². The van der Waals surface area contributed by atoms with Crippen LogP contribution in [0, 0.1) is 20.8 Å². The SMILES string of the molecule is COc1cc(C)c(C)cc1-c1[nH]nc(N)c1C. The van der Waals surface area contributed by atoms with Crippen molar-refractivity contribution in [1.82, 2.24) is 10.2 Å². The van der Waals surface area contributed by atoms with Crippen LogP contribution in [-0.4, -0.2) is 17.3 Å². The van der Waals surface area contributed by atoms with Crippen LogP contribution in [0.15, 0.2) is 12.1 Å². The Kier molecular flexibility index (Phi) is 2.79. The number of anilines is 1. The second-order valence-electron chi connectivity index (χ2n) is 4.25. The van der Waals surface area contributed by atoms with E-state index >= 15 is 0 Å². The van der Waals surface area contributed by atoms with Crippen LogP contribution in [0.3, 0.4) is 0 Å². The summed E-state index contributed by atoms with van der Waals surface area (Å²) in [5, 5.41) is 6.97. The van der Waals surface area contributed by atoms with Crippen molar-refractivity contribution in [3.8, 4) is 17.0 Å². The molecule has 1 aromatic carbocycles. The maximum atomic E-state index is 5.75. The molecule has 0 amide bonds. The minimum absolute atomic E-state index is 0.528. The molecule has 0 aliphatic heterocycles. The third kappa shape index (κ3) is 1.86. The second-order valence-corrected chi connectivity index (χ2v) is 4.25. The molecule has 0 atom stereocenters. The number of nitrogens with two attached hydrogens (primary N) is 1. The second kappa shape index (κ2) is 4.13. The number of benzene rings is 1. The molecule has 4 nitrogen and oxygen atoms in total. The van der Waals surface area contributed by atoms with Gasteiger partial charge < -0.3 is 10.5 Å². The minimum atomic E-state index is 0.528. The van der Waals surface area contributed by atoms with E-state index in [4.69, 9.17) is 10.5 Å². The van der Waals surface area contributed by atoms with E-state index in [1.165, 1.54) is 11.1 Å². The predicted molar refractivity (Wildman–Crippen MR) is 69.2 cm³/mol. The van der Waals surface area contributed by atoms with E-state index in [1.54, 1.807) is 7.11 Å². The van der Waals surface area contributed by atoms with Crippen LogP contribution in [0.25, 0.3) is 11.3 Å². The highest BCUT2D eigenvalue weighted by molar-refractivity contribution is 5.74. The quantitative estimate of drug-likeness (QED) is 0.835. The molecule has 0 unspecified atom stereocenters. The summed E-state index contributed by atoms with van der Waals surface area (Å²) in [6.07, 6.45) is 0. The lowest BCUT2D eigenvalue weighted by Crippen LogP contribution is -1.93. The highest BCUT2D eigenvalue weighted by Gasteiger charge is 2.14. The summed E-state index contributed by atoms with van der Waals surface area (Å²) >= 11 is 0.